The van der Waals surface area contributed by atoms with Crippen LogP contribution < -0.4 is 10.1 Å². The normalized spacial score (nSPS) is 10.5. The van der Waals surface area contributed by atoms with Gasteiger partial charge in [0, 0.05) is 22.3 Å². The predicted octanol–water partition coefficient (Wildman–Crippen LogP) is 4.73. The first-order valence-corrected chi connectivity index (χ1v) is 8.60. The zero-order valence-electron chi connectivity index (χ0n) is 13.9. The van der Waals surface area contributed by atoms with Gasteiger partial charge in [0.2, 0.25) is 0 Å². The van der Waals surface area contributed by atoms with Crippen molar-refractivity contribution in [3.8, 4) is 5.75 Å². The van der Waals surface area contributed by atoms with Gasteiger partial charge in [0.25, 0.3) is 5.91 Å². The van der Waals surface area contributed by atoms with Crippen LogP contribution in [0.4, 0.5) is 10.1 Å². The molecule has 3 aromatic rings. The van der Waals surface area contributed by atoms with Crippen LogP contribution in [-0.2, 0) is 6.61 Å². The zero-order valence-corrected chi connectivity index (χ0v) is 14.7. The van der Waals surface area contributed by atoms with Gasteiger partial charge in [0.05, 0.1) is 0 Å². The van der Waals surface area contributed by atoms with Gasteiger partial charge in [-0.3, -0.25) is 4.79 Å². The Kier molecular flexibility index (Phi) is 5.09. The molecule has 0 radical (unpaired) electrons. The van der Waals surface area contributed by atoms with Crippen LogP contribution in [0.3, 0.4) is 0 Å². The molecule has 4 nitrogen and oxygen atoms in total. The van der Waals surface area contributed by atoms with Gasteiger partial charge in [-0.05, 0) is 55.8 Å². The molecule has 2 aromatic carbocycles. The second kappa shape index (κ2) is 7.44. The molecule has 0 unspecified atom stereocenters. The first-order valence-electron chi connectivity index (χ1n) is 7.72. The molecule has 0 aliphatic carbocycles. The zero-order chi connectivity index (χ0) is 17.8. The van der Waals surface area contributed by atoms with E-state index in [0.717, 1.165) is 10.7 Å². The first kappa shape index (κ1) is 17.1. The van der Waals surface area contributed by atoms with Crippen LogP contribution in [0.2, 0.25) is 0 Å². The number of carbonyl (C=O) groups excluding carboxylic acids is 1. The van der Waals surface area contributed by atoms with Gasteiger partial charge in [-0.1, -0.05) is 6.07 Å². The maximum absolute atomic E-state index is 13.5. The molecule has 1 N–H and O–H groups in total. The Bertz CT molecular complexity index is 891. The summed E-state index contributed by atoms with van der Waals surface area (Å²) in [5, 5.41) is 5.55. The molecule has 128 valence electrons. The van der Waals surface area contributed by atoms with E-state index < -0.39 is 0 Å². The molecule has 6 heteroatoms. The van der Waals surface area contributed by atoms with Crippen LogP contribution in [0.1, 0.15) is 26.6 Å². The summed E-state index contributed by atoms with van der Waals surface area (Å²) in [6.07, 6.45) is 0. The van der Waals surface area contributed by atoms with E-state index in [1.807, 2.05) is 12.3 Å². The van der Waals surface area contributed by atoms with Crippen molar-refractivity contribution in [3.63, 3.8) is 0 Å². The number of halogens is 1. The molecule has 0 atom stereocenters. The molecule has 0 fully saturated rings. The van der Waals surface area contributed by atoms with Crippen molar-refractivity contribution >= 4 is 22.9 Å². The van der Waals surface area contributed by atoms with Crippen molar-refractivity contribution in [1.82, 2.24) is 4.98 Å². The summed E-state index contributed by atoms with van der Waals surface area (Å²) in [5.41, 5.74) is 2.41. The van der Waals surface area contributed by atoms with Gasteiger partial charge >= 0.3 is 0 Å². The molecule has 0 aliphatic rings. The molecule has 1 amide bonds. The van der Waals surface area contributed by atoms with Crippen LogP contribution in [0.5, 0.6) is 5.75 Å². The topological polar surface area (TPSA) is 51.2 Å². The lowest BCUT2D eigenvalue weighted by Gasteiger charge is -2.08. The van der Waals surface area contributed by atoms with E-state index in [1.54, 1.807) is 54.7 Å². The standard InChI is InChI=1S/C19H17FN2O2S/c1-12-3-6-15(9-17(12)20)22-19(23)14-4-7-16(8-5-14)24-10-18-21-13(2)11-25-18/h3-9,11H,10H2,1-2H3,(H,22,23). The van der Waals surface area contributed by atoms with Crippen molar-refractivity contribution < 1.29 is 13.9 Å². The van der Waals surface area contributed by atoms with Gasteiger partial charge in [-0.25, -0.2) is 9.37 Å². The minimum atomic E-state index is -0.348. The number of ether oxygens (including phenoxy) is 1. The molecule has 3 rings (SSSR count). The summed E-state index contributed by atoms with van der Waals surface area (Å²) >= 11 is 1.55. The predicted molar refractivity (Wildman–Crippen MR) is 96.7 cm³/mol. The van der Waals surface area contributed by atoms with E-state index in [1.165, 1.54) is 6.07 Å². The Morgan fingerprint density at radius 3 is 2.60 bits per heavy atom. The Morgan fingerprint density at radius 1 is 1.20 bits per heavy atom. The number of aromatic nitrogens is 1. The smallest absolute Gasteiger partial charge is 0.255 e. The molecule has 0 spiro atoms. The van der Waals surface area contributed by atoms with Gasteiger partial charge < -0.3 is 10.1 Å². The average molecular weight is 356 g/mol. The highest BCUT2D eigenvalue weighted by molar-refractivity contribution is 7.09. The number of rotatable bonds is 5. The van der Waals surface area contributed by atoms with Crippen LogP contribution in [0.15, 0.2) is 47.8 Å². The second-order valence-electron chi connectivity index (χ2n) is 5.61. The Hall–Kier alpha value is -2.73. The summed E-state index contributed by atoms with van der Waals surface area (Å²) in [4.78, 5) is 16.6. The first-order chi connectivity index (χ1) is 12.0. The van der Waals surface area contributed by atoms with E-state index in [0.29, 0.717) is 29.2 Å². The number of nitrogens with zero attached hydrogens (tertiary/aromatic N) is 1. The SMILES string of the molecule is Cc1csc(COc2ccc(C(=O)Nc3ccc(C)c(F)c3)cc2)n1. The van der Waals surface area contributed by atoms with E-state index >= 15 is 0 Å². The lowest BCUT2D eigenvalue weighted by Crippen LogP contribution is -2.12. The number of benzene rings is 2. The van der Waals surface area contributed by atoms with E-state index in [-0.39, 0.29) is 11.7 Å². The van der Waals surface area contributed by atoms with Gasteiger partial charge in [0.15, 0.2) is 0 Å². The number of hydrogen-bond acceptors (Lipinski definition) is 4. The van der Waals surface area contributed by atoms with Crippen LogP contribution in [-0.4, -0.2) is 10.9 Å². The van der Waals surface area contributed by atoms with E-state index in [9.17, 15) is 9.18 Å². The van der Waals surface area contributed by atoms with Gasteiger partial charge in [0.1, 0.15) is 23.2 Å². The lowest BCUT2D eigenvalue weighted by molar-refractivity contribution is 0.102. The molecule has 0 aliphatic heterocycles. The third kappa shape index (κ3) is 4.42. The second-order valence-corrected chi connectivity index (χ2v) is 6.56. The number of thiazole rings is 1. The summed E-state index contributed by atoms with van der Waals surface area (Å²) in [6.45, 7) is 4.01. The largest absolute Gasteiger partial charge is 0.486 e. The molecule has 0 bridgehead atoms. The van der Waals surface area contributed by atoms with Crippen molar-refractivity contribution in [1.29, 1.82) is 0 Å². The van der Waals surface area contributed by atoms with Gasteiger partial charge in [-0.15, -0.1) is 11.3 Å². The Morgan fingerprint density at radius 2 is 1.96 bits per heavy atom. The average Bonchev–Trinajstić information content (AvgIpc) is 3.02. The summed E-state index contributed by atoms with van der Waals surface area (Å²) in [7, 11) is 0. The van der Waals surface area contributed by atoms with Crippen molar-refractivity contribution in [3.05, 3.63) is 75.5 Å². The number of carbonyl (C=O) groups is 1. The lowest BCUT2D eigenvalue weighted by atomic mass is 10.2. The molecule has 1 aromatic heterocycles. The highest BCUT2D eigenvalue weighted by Crippen LogP contribution is 2.18. The van der Waals surface area contributed by atoms with Crippen molar-refractivity contribution in [2.24, 2.45) is 0 Å². The molecular weight excluding hydrogens is 339 g/mol. The fourth-order valence-electron chi connectivity index (χ4n) is 2.19. The summed E-state index contributed by atoms with van der Waals surface area (Å²) in [6, 6.07) is 11.4. The van der Waals surface area contributed by atoms with Crippen molar-refractivity contribution in [2.45, 2.75) is 20.5 Å². The highest BCUT2D eigenvalue weighted by atomic mass is 32.1. The van der Waals surface area contributed by atoms with Gasteiger partial charge in [-0.2, -0.15) is 0 Å². The highest BCUT2D eigenvalue weighted by Gasteiger charge is 2.08. The maximum atomic E-state index is 13.5. The third-order valence-corrected chi connectivity index (χ3v) is 4.52. The fourth-order valence-corrected chi connectivity index (χ4v) is 2.87. The number of hydrogen-bond donors (Lipinski definition) is 1. The third-order valence-electron chi connectivity index (χ3n) is 3.58. The number of aryl methyl sites for hydroxylation is 2. The molecular formula is C19H17FN2O2S. The Labute approximate surface area is 149 Å². The number of anilines is 1. The molecule has 0 saturated heterocycles. The van der Waals surface area contributed by atoms with Crippen LogP contribution in [0, 0.1) is 19.7 Å². The minimum Gasteiger partial charge on any atom is -0.486 e. The molecule has 0 saturated carbocycles. The van der Waals surface area contributed by atoms with Crippen LogP contribution >= 0.6 is 11.3 Å². The maximum Gasteiger partial charge on any atom is 0.255 e. The van der Waals surface area contributed by atoms with E-state index in [4.69, 9.17) is 4.74 Å². The monoisotopic (exact) mass is 356 g/mol. The fraction of sp³-hybridized carbons (Fsp3) is 0.158. The summed E-state index contributed by atoms with van der Waals surface area (Å²) in [5.74, 6) is 0.00936. The van der Waals surface area contributed by atoms with Crippen LogP contribution in [0.25, 0.3) is 0 Å². The number of amides is 1. The van der Waals surface area contributed by atoms with Crippen molar-refractivity contribution in [2.75, 3.05) is 5.32 Å². The number of nitrogens with one attached hydrogen (secondary N) is 1. The Balaban J connectivity index is 1.60. The molecule has 25 heavy (non-hydrogen) atoms. The molecule has 1 heterocycles. The quantitative estimate of drug-likeness (QED) is 0.719. The summed E-state index contributed by atoms with van der Waals surface area (Å²) < 4.78 is 19.2. The van der Waals surface area contributed by atoms with E-state index in [2.05, 4.69) is 10.3 Å². The minimum absolute atomic E-state index is 0.301.